The van der Waals surface area contributed by atoms with Crippen LogP contribution in [-0.4, -0.2) is 17.5 Å². The highest BCUT2D eigenvalue weighted by Gasteiger charge is 2.28. The van der Waals surface area contributed by atoms with Crippen molar-refractivity contribution in [2.45, 2.75) is 71.0 Å². The van der Waals surface area contributed by atoms with Gasteiger partial charge in [-0.25, -0.2) is 9.78 Å². The number of hydrogen-bond acceptors (Lipinski definition) is 3. The van der Waals surface area contributed by atoms with Gasteiger partial charge in [0.15, 0.2) is 11.9 Å². The van der Waals surface area contributed by atoms with Crippen LogP contribution in [0.2, 0.25) is 0 Å². The van der Waals surface area contributed by atoms with Crippen LogP contribution in [0.25, 0.3) is 0 Å². The van der Waals surface area contributed by atoms with Gasteiger partial charge in [0.25, 0.3) is 0 Å². The molecule has 1 aromatic carbocycles. The van der Waals surface area contributed by atoms with Gasteiger partial charge >= 0.3 is 0 Å². The minimum Gasteiger partial charge on any atom is -0.291 e. The van der Waals surface area contributed by atoms with E-state index in [9.17, 15) is 4.79 Å². The highest BCUT2D eigenvalue weighted by atomic mass is 17.2. The first kappa shape index (κ1) is 17.2. The van der Waals surface area contributed by atoms with Crippen LogP contribution >= 0.6 is 0 Å². The molecule has 0 aromatic heterocycles. The number of carbonyl (C=O) groups is 1. The summed E-state index contributed by atoms with van der Waals surface area (Å²) < 4.78 is 0. The molecule has 0 radical (unpaired) electrons. The lowest BCUT2D eigenvalue weighted by Gasteiger charge is -2.27. The van der Waals surface area contributed by atoms with Crippen molar-refractivity contribution in [3.05, 3.63) is 35.9 Å². The van der Waals surface area contributed by atoms with Crippen LogP contribution < -0.4 is 0 Å². The molecule has 1 fully saturated rings. The zero-order chi connectivity index (χ0) is 16.0. The molecule has 1 saturated carbocycles. The lowest BCUT2D eigenvalue weighted by molar-refractivity contribution is -0.364. The third kappa shape index (κ3) is 5.54. The maximum absolute atomic E-state index is 12.7. The normalized spacial score (nSPS) is 18.1. The smallest absolute Gasteiger partial charge is 0.194 e. The third-order valence-electron chi connectivity index (χ3n) is 4.04. The van der Waals surface area contributed by atoms with E-state index in [1.54, 1.807) is 0 Å². The third-order valence-corrected chi connectivity index (χ3v) is 4.04. The van der Waals surface area contributed by atoms with Crippen molar-refractivity contribution < 1.29 is 14.6 Å². The topological polar surface area (TPSA) is 35.5 Å². The fourth-order valence-corrected chi connectivity index (χ4v) is 2.91. The Morgan fingerprint density at radius 3 is 2.36 bits per heavy atom. The molecule has 1 unspecified atom stereocenters. The molecular formula is C19H28O3. The number of hydrogen-bond donors (Lipinski definition) is 0. The lowest BCUT2D eigenvalue weighted by atomic mass is 9.84. The molecule has 0 spiro atoms. The Morgan fingerprint density at radius 2 is 1.77 bits per heavy atom. The Labute approximate surface area is 133 Å². The van der Waals surface area contributed by atoms with Crippen LogP contribution in [-0.2, 0) is 9.78 Å². The minimum absolute atomic E-state index is 0.0235. The minimum atomic E-state index is -0.510. The van der Waals surface area contributed by atoms with Crippen molar-refractivity contribution in [1.29, 1.82) is 0 Å². The van der Waals surface area contributed by atoms with Crippen molar-refractivity contribution in [3.8, 4) is 0 Å². The van der Waals surface area contributed by atoms with Crippen LogP contribution in [0, 0.1) is 5.92 Å². The molecule has 1 aliphatic carbocycles. The van der Waals surface area contributed by atoms with E-state index in [1.807, 2.05) is 51.1 Å². The summed E-state index contributed by atoms with van der Waals surface area (Å²) in [5.74, 6) is 0.588. The second kappa shape index (κ2) is 7.89. The van der Waals surface area contributed by atoms with Crippen LogP contribution in [0.3, 0.4) is 0 Å². The van der Waals surface area contributed by atoms with Crippen LogP contribution in [0.1, 0.15) is 69.7 Å². The highest BCUT2D eigenvalue weighted by molar-refractivity contribution is 5.99. The van der Waals surface area contributed by atoms with Gasteiger partial charge < -0.3 is 0 Å². The highest BCUT2D eigenvalue weighted by Crippen LogP contribution is 2.29. The molecular weight excluding hydrogens is 276 g/mol. The van der Waals surface area contributed by atoms with E-state index in [1.165, 1.54) is 32.1 Å². The molecule has 1 atom stereocenters. The number of benzene rings is 1. The van der Waals surface area contributed by atoms with E-state index in [0.717, 1.165) is 6.42 Å². The second-order valence-corrected chi connectivity index (χ2v) is 7.25. The molecule has 0 saturated heterocycles. The summed E-state index contributed by atoms with van der Waals surface area (Å²) in [6, 6.07) is 9.37. The predicted octanol–water partition coefficient (Wildman–Crippen LogP) is 4.96. The summed E-state index contributed by atoms with van der Waals surface area (Å²) in [6.45, 7) is 5.78. The van der Waals surface area contributed by atoms with Crippen molar-refractivity contribution >= 4 is 5.78 Å². The van der Waals surface area contributed by atoms with Crippen molar-refractivity contribution in [1.82, 2.24) is 0 Å². The van der Waals surface area contributed by atoms with Gasteiger partial charge in [-0.3, -0.25) is 4.79 Å². The maximum atomic E-state index is 12.7. The van der Waals surface area contributed by atoms with E-state index in [-0.39, 0.29) is 5.78 Å². The van der Waals surface area contributed by atoms with Gasteiger partial charge in [0, 0.05) is 5.56 Å². The van der Waals surface area contributed by atoms with Gasteiger partial charge in [-0.05, 0) is 33.1 Å². The van der Waals surface area contributed by atoms with E-state index >= 15 is 0 Å². The zero-order valence-electron chi connectivity index (χ0n) is 14.0. The second-order valence-electron chi connectivity index (χ2n) is 7.25. The molecule has 0 heterocycles. The van der Waals surface area contributed by atoms with E-state index in [2.05, 4.69) is 0 Å². The van der Waals surface area contributed by atoms with Crippen molar-refractivity contribution in [3.63, 3.8) is 0 Å². The first-order chi connectivity index (χ1) is 10.5. The molecule has 122 valence electrons. The molecule has 22 heavy (non-hydrogen) atoms. The summed E-state index contributed by atoms with van der Waals surface area (Å²) in [7, 11) is 0. The molecule has 1 aliphatic rings. The Morgan fingerprint density at radius 1 is 1.14 bits per heavy atom. The Bertz CT molecular complexity index is 455. The zero-order valence-corrected chi connectivity index (χ0v) is 14.0. The fraction of sp³-hybridized carbons (Fsp3) is 0.632. The van der Waals surface area contributed by atoms with Crippen LogP contribution in [0.5, 0.6) is 0 Å². The maximum Gasteiger partial charge on any atom is 0.194 e. The number of carbonyl (C=O) groups excluding carboxylic acids is 1. The number of ketones is 1. The average Bonchev–Trinajstić information content (AvgIpc) is 2.52. The molecule has 3 heteroatoms. The molecule has 0 amide bonds. The van der Waals surface area contributed by atoms with Gasteiger partial charge in [-0.2, -0.15) is 0 Å². The Balaban J connectivity index is 2.04. The SMILES string of the molecule is CC(C)(C)OOC(CC1CCCCC1)C(=O)c1ccccc1. The lowest BCUT2D eigenvalue weighted by Crippen LogP contribution is -2.32. The molecule has 0 N–H and O–H groups in total. The van der Waals surface area contributed by atoms with E-state index < -0.39 is 11.7 Å². The van der Waals surface area contributed by atoms with Crippen molar-refractivity contribution in [2.75, 3.05) is 0 Å². The molecule has 1 aromatic rings. The van der Waals surface area contributed by atoms with Crippen LogP contribution in [0.15, 0.2) is 30.3 Å². The largest absolute Gasteiger partial charge is 0.291 e. The Kier molecular flexibility index (Phi) is 6.16. The standard InChI is InChI=1S/C19H28O3/c1-19(2,3)22-21-17(14-15-10-6-4-7-11-15)18(20)16-12-8-5-9-13-16/h5,8-9,12-13,15,17H,4,6-7,10-11,14H2,1-3H3. The van der Waals surface area contributed by atoms with Crippen LogP contribution in [0.4, 0.5) is 0 Å². The van der Waals surface area contributed by atoms with Gasteiger partial charge in [-0.15, -0.1) is 0 Å². The summed E-state index contributed by atoms with van der Waals surface area (Å²) in [5.41, 5.74) is 0.280. The molecule has 0 bridgehead atoms. The number of rotatable bonds is 6. The summed E-state index contributed by atoms with van der Waals surface area (Å²) in [4.78, 5) is 23.8. The quantitative estimate of drug-likeness (QED) is 0.423. The molecule has 2 rings (SSSR count). The molecule has 3 nitrogen and oxygen atoms in total. The predicted molar refractivity (Wildman–Crippen MR) is 87.7 cm³/mol. The van der Waals surface area contributed by atoms with Gasteiger partial charge in [0.05, 0.1) is 5.60 Å². The van der Waals surface area contributed by atoms with Crippen molar-refractivity contribution in [2.24, 2.45) is 5.92 Å². The number of Topliss-reactive ketones (excluding diaryl/α,β-unsaturated/α-hetero) is 1. The summed E-state index contributed by atoms with van der Waals surface area (Å²) in [5, 5.41) is 0. The summed E-state index contributed by atoms with van der Waals surface area (Å²) in [6.07, 6.45) is 6.46. The monoisotopic (exact) mass is 304 g/mol. The van der Waals surface area contributed by atoms with Gasteiger partial charge in [0.1, 0.15) is 0 Å². The fourth-order valence-electron chi connectivity index (χ4n) is 2.91. The van der Waals surface area contributed by atoms with E-state index in [4.69, 9.17) is 9.78 Å². The molecule has 0 aliphatic heterocycles. The van der Waals surface area contributed by atoms with Gasteiger partial charge in [-0.1, -0.05) is 62.4 Å². The summed E-state index contributed by atoms with van der Waals surface area (Å²) >= 11 is 0. The Hall–Kier alpha value is -1.19. The first-order valence-corrected chi connectivity index (χ1v) is 8.39. The van der Waals surface area contributed by atoms with E-state index in [0.29, 0.717) is 11.5 Å². The first-order valence-electron chi connectivity index (χ1n) is 8.39. The average molecular weight is 304 g/mol. The van der Waals surface area contributed by atoms with Gasteiger partial charge in [0.2, 0.25) is 0 Å².